The summed E-state index contributed by atoms with van der Waals surface area (Å²) in [6.45, 7) is 1.58. The number of nitrogens with two attached hydrogens (primary N) is 1. The third-order valence-electron chi connectivity index (χ3n) is 7.32. The molecule has 1 saturated heterocycles. The molecule has 1 aromatic rings. The molecule has 1 heterocycles. The van der Waals surface area contributed by atoms with Crippen LogP contribution in [0.4, 0.5) is 4.79 Å². The number of carbonyl (C=O) groups is 5. The Morgan fingerprint density at radius 2 is 1.88 bits per heavy atom. The lowest BCUT2D eigenvalue weighted by molar-refractivity contribution is -0.136. The molecule has 0 radical (unpaired) electrons. The Kier molecular flexibility index (Phi) is 4.82. The summed E-state index contributed by atoms with van der Waals surface area (Å²) in [6.07, 6.45) is 3.44. The average Bonchev–Trinajstić information content (AvgIpc) is 3.06. The van der Waals surface area contributed by atoms with E-state index in [-0.39, 0.29) is 35.9 Å². The summed E-state index contributed by atoms with van der Waals surface area (Å²) in [7, 11) is 1.40. The number of ether oxygens (including phenoxy) is 1. The number of phenols is 1. The second kappa shape index (κ2) is 7.51. The van der Waals surface area contributed by atoms with Gasteiger partial charge in [0.1, 0.15) is 0 Å². The number of aromatic hydroxyl groups is 1. The number of urea groups is 1. The number of carbonyl (C=O) groups excluding carboxylic acids is 5. The molecule has 34 heavy (non-hydrogen) atoms. The van der Waals surface area contributed by atoms with Crippen molar-refractivity contribution in [3.05, 3.63) is 58.2 Å². The van der Waals surface area contributed by atoms with E-state index >= 15 is 0 Å². The highest BCUT2D eigenvalue weighted by Crippen LogP contribution is 2.55. The topological polar surface area (TPSA) is 144 Å². The van der Waals surface area contributed by atoms with Crippen LogP contribution in [0, 0.1) is 17.8 Å². The molecular weight excluding hydrogens is 440 g/mol. The predicted octanol–water partition coefficient (Wildman–Crippen LogP) is 1.91. The molecule has 0 aromatic heterocycles. The van der Waals surface area contributed by atoms with E-state index in [4.69, 9.17) is 10.5 Å². The van der Waals surface area contributed by atoms with Gasteiger partial charge in [0.05, 0.1) is 18.9 Å². The van der Waals surface area contributed by atoms with Gasteiger partial charge in [-0.2, -0.15) is 4.90 Å². The molecule has 1 aliphatic heterocycles. The molecule has 0 saturated carbocycles. The molecule has 4 aliphatic rings. The van der Waals surface area contributed by atoms with Crippen LogP contribution < -0.4 is 10.5 Å². The zero-order valence-electron chi connectivity index (χ0n) is 18.5. The zero-order chi connectivity index (χ0) is 24.5. The van der Waals surface area contributed by atoms with Gasteiger partial charge < -0.3 is 15.6 Å². The van der Waals surface area contributed by atoms with Crippen molar-refractivity contribution >= 4 is 29.4 Å². The summed E-state index contributed by atoms with van der Waals surface area (Å²) in [4.78, 5) is 64.5. The Balaban J connectivity index is 1.70. The summed E-state index contributed by atoms with van der Waals surface area (Å²) in [5.74, 6) is -4.61. The average molecular weight is 462 g/mol. The Morgan fingerprint density at radius 1 is 1.15 bits per heavy atom. The fraction of sp³-hybridized carbons (Fsp3) is 0.320. The third kappa shape index (κ3) is 2.89. The molecule has 0 bridgehead atoms. The number of ketones is 2. The van der Waals surface area contributed by atoms with E-state index in [1.54, 1.807) is 19.1 Å². The molecule has 3 N–H and O–H groups in total. The minimum atomic E-state index is -1.12. The number of imide groups is 3. The highest BCUT2D eigenvalue weighted by atomic mass is 16.5. The molecule has 1 aromatic carbocycles. The van der Waals surface area contributed by atoms with Gasteiger partial charge in [-0.3, -0.25) is 19.2 Å². The molecule has 1 fully saturated rings. The zero-order valence-corrected chi connectivity index (χ0v) is 18.5. The maximum Gasteiger partial charge on any atom is 0.328 e. The molecular formula is C25H22N2O7. The SMILES string of the molecule is COc1cc([C@H]2C3=CC[C@@H]4C(=O)N(C(N)=O)C(=O)[C@@H]4[C@@H]3CC3=C2C(=O)C(C)=CC3=O)ccc1O. The van der Waals surface area contributed by atoms with Gasteiger partial charge in [-0.1, -0.05) is 17.7 Å². The Morgan fingerprint density at radius 3 is 2.56 bits per heavy atom. The maximum absolute atomic E-state index is 13.3. The fourth-order valence-electron chi connectivity index (χ4n) is 5.83. The molecule has 0 spiro atoms. The quantitative estimate of drug-likeness (QED) is 0.388. The van der Waals surface area contributed by atoms with Gasteiger partial charge in [0, 0.05) is 22.6 Å². The number of hydrogen-bond donors (Lipinski definition) is 2. The first-order chi connectivity index (χ1) is 16.1. The molecule has 3 aliphatic carbocycles. The molecule has 9 heteroatoms. The standard InChI is InChI=1S/C25H22N2O7/c1-10-7-17(29)15-9-14-12(4-5-13-20(14)24(32)27(23(13)31)25(26)33)19(21(15)22(10)30)11-3-6-16(28)18(8-11)34-2/h3-4,6-8,13-14,19-20,28H,5,9H2,1-2H3,(H2,26,33)/t13-,14+,19-,20-/m0/s1. The molecule has 174 valence electrons. The van der Waals surface area contributed by atoms with Crippen molar-refractivity contribution < 1.29 is 33.8 Å². The van der Waals surface area contributed by atoms with E-state index < -0.39 is 41.5 Å². The summed E-state index contributed by atoms with van der Waals surface area (Å²) in [5, 5.41) is 10.1. The number of fused-ring (bicyclic) bond motifs is 3. The number of rotatable bonds is 2. The van der Waals surface area contributed by atoms with Gasteiger partial charge in [-0.05, 0) is 49.5 Å². The van der Waals surface area contributed by atoms with Crippen LogP contribution in [-0.2, 0) is 19.2 Å². The Bertz CT molecular complexity index is 1300. The number of hydrogen-bond acceptors (Lipinski definition) is 7. The first-order valence-electron chi connectivity index (χ1n) is 10.9. The number of methoxy groups -OCH3 is 1. The van der Waals surface area contributed by atoms with Gasteiger partial charge in [-0.15, -0.1) is 0 Å². The van der Waals surface area contributed by atoms with Crippen LogP contribution in [0.25, 0.3) is 0 Å². The van der Waals surface area contributed by atoms with E-state index in [1.807, 2.05) is 6.08 Å². The second-order valence-corrected chi connectivity index (χ2v) is 9.01. The van der Waals surface area contributed by atoms with Crippen LogP contribution in [0.1, 0.15) is 31.2 Å². The maximum atomic E-state index is 13.3. The number of amides is 4. The predicted molar refractivity (Wildman–Crippen MR) is 117 cm³/mol. The van der Waals surface area contributed by atoms with Gasteiger partial charge in [-0.25, -0.2) is 4.79 Å². The first-order valence-corrected chi connectivity index (χ1v) is 10.9. The van der Waals surface area contributed by atoms with Crippen molar-refractivity contribution in [2.45, 2.75) is 25.7 Å². The number of nitrogens with zero attached hydrogens (tertiary/aromatic N) is 1. The second-order valence-electron chi connectivity index (χ2n) is 9.01. The number of allylic oxidation sites excluding steroid dienone is 6. The number of primary amides is 1. The lowest BCUT2D eigenvalue weighted by Crippen LogP contribution is -2.42. The molecule has 9 nitrogen and oxygen atoms in total. The smallest absolute Gasteiger partial charge is 0.328 e. The number of likely N-dealkylation sites (tertiary alicyclic amines) is 1. The van der Waals surface area contributed by atoms with Crippen molar-refractivity contribution in [2.75, 3.05) is 7.11 Å². The van der Waals surface area contributed by atoms with E-state index in [2.05, 4.69) is 0 Å². The van der Waals surface area contributed by atoms with Crippen LogP contribution in [0.3, 0.4) is 0 Å². The van der Waals surface area contributed by atoms with Gasteiger partial charge in [0.25, 0.3) is 0 Å². The van der Waals surface area contributed by atoms with Crippen molar-refractivity contribution in [2.24, 2.45) is 23.5 Å². The highest BCUT2D eigenvalue weighted by molar-refractivity contribution is 6.24. The number of phenolic OH excluding ortho intramolecular Hbond substituents is 1. The lowest BCUT2D eigenvalue weighted by atomic mass is 9.59. The third-order valence-corrected chi connectivity index (χ3v) is 7.32. The van der Waals surface area contributed by atoms with Crippen molar-refractivity contribution in [1.82, 2.24) is 4.90 Å². The molecule has 4 amide bonds. The van der Waals surface area contributed by atoms with Crippen LogP contribution in [0.5, 0.6) is 11.5 Å². The van der Waals surface area contributed by atoms with Crippen molar-refractivity contribution in [3.63, 3.8) is 0 Å². The van der Waals surface area contributed by atoms with Crippen LogP contribution >= 0.6 is 0 Å². The monoisotopic (exact) mass is 462 g/mol. The van der Waals surface area contributed by atoms with Gasteiger partial charge >= 0.3 is 6.03 Å². The van der Waals surface area contributed by atoms with Crippen LogP contribution in [0.2, 0.25) is 0 Å². The normalized spacial score (nSPS) is 28.2. The van der Waals surface area contributed by atoms with Crippen molar-refractivity contribution in [3.8, 4) is 11.5 Å². The Labute approximate surface area is 194 Å². The van der Waals surface area contributed by atoms with Gasteiger partial charge in [0.2, 0.25) is 11.8 Å². The van der Waals surface area contributed by atoms with E-state index in [0.29, 0.717) is 27.2 Å². The summed E-state index contributed by atoms with van der Waals surface area (Å²) >= 11 is 0. The van der Waals surface area contributed by atoms with Gasteiger partial charge in [0.15, 0.2) is 23.1 Å². The summed E-state index contributed by atoms with van der Waals surface area (Å²) in [6, 6.07) is 3.57. The minimum Gasteiger partial charge on any atom is -0.504 e. The minimum absolute atomic E-state index is 0.0821. The van der Waals surface area contributed by atoms with Crippen LogP contribution in [0.15, 0.2) is 52.6 Å². The lowest BCUT2D eigenvalue weighted by Gasteiger charge is -2.42. The first kappa shape index (κ1) is 21.8. The number of benzene rings is 1. The summed E-state index contributed by atoms with van der Waals surface area (Å²) in [5.41, 5.74) is 7.60. The number of Topliss-reactive ketones (excluding diaryl/α,β-unsaturated/α-hetero) is 1. The highest BCUT2D eigenvalue weighted by Gasteiger charge is 2.57. The largest absolute Gasteiger partial charge is 0.504 e. The molecule has 4 atom stereocenters. The van der Waals surface area contributed by atoms with E-state index in [9.17, 15) is 29.1 Å². The summed E-state index contributed by atoms with van der Waals surface area (Å²) < 4.78 is 5.25. The van der Waals surface area contributed by atoms with E-state index in [0.717, 1.165) is 5.57 Å². The van der Waals surface area contributed by atoms with Crippen molar-refractivity contribution in [1.29, 1.82) is 0 Å². The molecule has 0 unspecified atom stereocenters. The van der Waals surface area contributed by atoms with Crippen LogP contribution in [-0.4, -0.2) is 46.5 Å². The van der Waals surface area contributed by atoms with E-state index in [1.165, 1.54) is 19.3 Å². The Hall–Kier alpha value is -4.01. The molecule has 5 rings (SSSR count). The fourth-order valence-corrected chi connectivity index (χ4v) is 5.83.